The highest BCUT2D eigenvalue weighted by molar-refractivity contribution is 5.81. The van der Waals surface area contributed by atoms with E-state index in [4.69, 9.17) is 9.15 Å². The van der Waals surface area contributed by atoms with E-state index in [1.165, 1.54) is 24.3 Å². The molecule has 1 aromatic carbocycles. The summed E-state index contributed by atoms with van der Waals surface area (Å²) in [6.07, 6.45) is 1.10. The van der Waals surface area contributed by atoms with Gasteiger partial charge in [0.15, 0.2) is 12.4 Å². The van der Waals surface area contributed by atoms with E-state index in [1.807, 2.05) is 0 Å². The molecule has 0 atom stereocenters. The summed E-state index contributed by atoms with van der Waals surface area (Å²) in [4.78, 5) is 21.1. The van der Waals surface area contributed by atoms with Crippen molar-refractivity contribution in [2.24, 2.45) is 5.10 Å². The van der Waals surface area contributed by atoms with Crippen LogP contribution in [0.15, 0.2) is 45.9 Å². The van der Waals surface area contributed by atoms with Gasteiger partial charge in [0.1, 0.15) is 16.5 Å². The Balaban J connectivity index is 1.79. The molecule has 1 amide bonds. The van der Waals surface area contributed by atoms with Crippen molar-refractivity contribution in [2.75, 3.05) is 6.61 Å². The normalized spacial score (nSPS) is 10.6. The lowest BCUT2D eigenvalue weighted by Gasteiger charge is -2.04. The molecule has 1 heterocycles. The number of furan rings is 1. The number of amides is 1. The minimum Gasteiger partial charge on any atom is -0.484 e. The second-order valence-electron chi connectivity index (χ2n) is 3.97. The van der Waals surface area contributed by atoms with Gasteiger partial charge in [-0.15, -0.1) is 0 Å². The summed E-state index contributed by atoms with van der Waals surface area (Å²) < 4.78 is 22.7. The summed E-state index contributed by atoms with van der Waals surface area (Å²) >= 11 is 0. The number of carbonyl (C=O) groups excluding carboxylic acids is 1. The van der Waals surface area contributed by atoms with Crippen LogP contribution in [0.1, 0.15) is 5.76 Å². The second-order valence-corrected chi connectivity index (χ2v) is 3.97. The molecule has 0 saturated heterocycles. The second kappa shape index (κ2) is 6.97. The third-order valence-corrected chi connectivity index (χ3v) is 2.34. The number of nitro groups is 1. The van der Waals surface area contributed by atoms with Gasteiger partial charge in [-0.05, 0) is 18.2 Å². The number of hydrogen-bond acceptors (Lipinski definition) is 6. The zero-order chi connectivity index (χ0) is 15.9. The predicted octanol–water partition coefficient (Wildman–Crippen LogP) is 1.86. The Kier molecular flexibility index (Phi) is 4.81. The largest absolute Gasteiger partial charge is 0.484 e. The Hall–Kier alpha value is -3.23. The van der Waals surface area contributed by atoms with Crippen LogP contribution >= 0.6 is 0 Å². The van der Waals surface area contributed by atoms with Crippen LogP contribution in [0.2, 0.25) is 0 Å². The Morgan fingerprint density at radius 2 is 2.27 bits per heavy atom. The summed E-state index contributed by atoms with van der Waals surface area (Å²) in [7, 11) is 0. The van der Waals surface area contributed by atoms with Gasteiger partial charge < -0.3 is 9.15 Å². The molecule has 0 fully saturated rings. The van der Waals surface area contributed by atoms with Gasteiger partial charge in [0.2, 0.25) is 0 Å². The predicted molar refractivity (Wildman–Crippen MR) is 73.0 cm³/mol. The van der Waals surface area contributed by atoms with Crippen molar-refractivity contribution in [3.63, 3.8) is 0 Å². The molecule has 1 N–H and O–H groups in total. The first-order valence-corrected chi connectivity index (χ1v) is 5.99. The Labute approximate surface area is 123 Å². The van der Waals surface area contributed by atoms with Crippen LogP contribution in [0.5, 0.6) is 5.75 Å². The molecular formula is C13H10FN3O5. The van der Waals surface area contributed by atoms with Crippen molar-refractivity contribution in [1.29, 1.82) is 0 Å². The van der Waals surface area contributed by atoms with Crippen molar-refractivity contribution in [3.05, 3.63) is 58.1 Å². The minimum atomic E-state index is -0.692. The van der Waals surface area contributed by atoms with Gasteiger partial charge in [0, 0.05) is 6.07 Å². The molecule has 2 aromatic rings. The highest BCUT2D eigenvalue weighted by Gasteiger charge is 2.10. The van der Waals surface area contributed by atoms with Crippen LogP contribution in [0.4, 0.5) is 10.3 Å². The minimum absolute atomic E-state index is 0.109. The van der Waals surface area contributed by atoms with E-state index >= 15 is 0 Å². The van der Waals surface area contributed by atoms with Crippen molar-refractivity contribution in [3.8, 4) is 5.75 Å². The fourth-order valence-corrected chi connectivity index (χ4v) is 1.42. The number of ether oxygens (including phenoxy) is 1. The molecule has 0 aliphatic heterocycles. The quantitative estimate of drug-likeness (QED) is 0.498. The molecular weight excluding hydrogens is 297 g/mol. The number of nitrogens with one attached hydrogen (secondary N) is 1. The van der Waals surface area contributed by atoms with Crippen molar-refractivity contribution in [1.82, 2.24) is 5.43 Å². The van der Waals surface area contributed by atoms with Gasteiger partial charge in [-0.2, -0.15) is 5.10 Å². The van der Waals surface area contributed by atoms with E-state index in [1.54, 1.807) is 0 Å². The molecule has 22 heavy (non-hydrogen) atoms. The first-order chi connectivity index (χ1) is 10.5. The molecule has 2 rings (SSSR count). The van der Waals surface area contributed by atoms with Crippen LogP contribution in [-0.2, 0) is 4.79 Å². The van der Waals surface area contributed by atoms with Crippen LogP contribution < -0.4 is 10.2 Å². The van der Waals surface area contributed by atoms with Crippen LogP contribution in [0.3, 0.4) is 0 Å². The van der Waals surface area contributed by atoms with Crippen LogP contribution in [0.25, 0.3) is 0 Å². The van der Waals surface area contributed by atoms with Gasteiger partial charge in [-0.1, -0.05) is 6.07 Å². The smallest absolute Gasteiger partial charge is 0.433 e. The lowest BCUT2D eigenvalue weighted by molar-refractivity contribution is -0.402. The van der Waals surface area contributed by atoms with Gasteiger partial charge in [-0.3, -0.25) is 14.9 Å². The summed E-state index contributed by atoms with van der Waals surface area (Å²) in [5.41, 5.74) is 2.14. The molecule has 1 aromatic heterocycles. The highest BCUT2D eigenvalue weighted by atomic mass is 19.1. The lowest BCUT2D eigenvalue weighted by atomic mass is 10.3. The zero-order valence-corrected chi connectivity index (χ0v) is 11.1. The molecule has 8 nitrogen and oxygen atoms in total. The maximum absolute atomic E-state index is 12.9. The summed E-state index contributed by atoms with van der Waals surface area (Å²) in [6, 6.07) is 7.83. The number of carbonyl (C=O) groups is 1. The molecule has 9 heteroatoms. The average molecular weight is 307 g/mol. The third kappa shape index (κ3) is 4.40. The fourth-order valence-electron chi connectivity index (χ4n) is 1.42. The number of hydrogen-bond donors (Lipinski definition) is 1. The first-order valence-electron chi connectivity index (χ1n) is 5.99. The van der Waals surface area contributed by atoms with E-state index in [-0.39, 0.29) is 18.1 Å². The third-order valence-electron chi connectivity index (χ3n) is 2.34. The van der Waals surface area contributed by atoms with Crippen molar-refractivity contribution >= 4 is 18.0 Å². The number of benzene rings is 1. The molecule has 0 spiro atoms. The SMILES string of the molecule is O=C(COc1cccc(F)c1)N/N=C\c1ccc([N+](=O)[O-])o1. The van der Waals surface area contributed by atoms with E-state index in [9.17, 15) is 19.3 Å². The standard InChI is InChI=1S/C13H10FN3O5/c14-9-2-1-3-10(6-9)21-8-12(18)16-15-7-11-4-5-13(22-11)17(19)20/h1-7H,8H2,(H,16,18)/b15-7-. The lowest BCUT2D eigenvalue weighted by Crippen LogP contribution is -2.24. The Morgan fingerprint density at radius 3 is 2.95 bits per heavy atom. The first kappa shape index (κ1) is 15.2. The Morgan fingerprint density at radius 1 is 1.45 bits per heavy atom. The monoisotopic (exact) mass is 307 g/mol. The molecule has 0 aliphatic rings. The van der Waals surface area contributed by atoms with E-state index < -0.39 is 22.5 Å². The number of halogens is 1. The van der Waals surface area contributed by atoms with Crippen molar-refractivity contribution < 1.29 is 23.3 Å². The molecule has 114 valence electrons. The fraction of sp³-hybridized carbons (Fsp3) is 0.0769. The summed E-state index contributed by atoms with van der Waals surface area (Å²) in [6.45, 7) is -0.362. The molecule has 0 aliphatic carbocycles. The zero-order valence-electron chi connectivity index (χ0n) is 11.1. The maximum atomic E-state index is 12.9. The van der Waals surface area contributed by atoms with Crippen LogP contribution in [0, 0.1) is 15.9 Å². The number of rotatable bonds is 6. The summed E-state index contributed by atoms with van der Waals surface area (Å²) in [5.74, 6) is -1.17. The van der Waals surface area contributed by atoms with Crippen LogP contribution in [-0.4, -0.2) is 23.7 Å². The van der Waals surface area contributed by atoms with Gasteiger partial charge in [0.05, 0.1) is 12.3 Å². The molecule has 0 bridgehead atoms. The van der Waals surface area contributed by atoms with E-state index in [0.29, 0.717) is 0 Å². The summed E-state index contributed by atoms with van der Waals surface area (Å²) in [5, 5.41) is 13.9. The average Bonchev–Trinajstić information content (AvgIpc) is 2.94. The van der Waals surface area contributed by atoms with Gasteiger partial charge >= 0.3 is 5.88 Å². The van der Waals surface area contributed by atoms with Gasteiger partial charge in [0.25, 0.3) is 5.91 Å². The molecule has 0 unspecified atom stereocenters. The van der Waals surface area contributed by atoms with E-state index in [0.717, 1.165) is 18.3 Å². The van der Waals surface area contributed by atoms with E-state index in [2.05, 4.69) is 10.5 Å². The molecule has 0 radical (unpaired) electrons. The number of nitrogens with zero attached hydrogens (tertiary/aromatic N) is 2. The van der Waals surface area contributed by atoms with Crippen molar-refractivity contribution in [2.45, 2.75) is 0 Å². The highest BCUT2D eigenvalue weighted by Crippen LogP contribution is 2.13. The van der Waals surface area contributed by atoms with Gasteiger partial charge in [-0.25, -0.2) is 9.82 Å². The maximum Gasteiger partial charge on any atom is 0.433 e. The number of hydrazone groups is 1. The molecule has 0 saturated carbocycles. The topological polar surface area (TPSA) is 107 Å². The Bertz CT molecular complexity index is 713.